The molecule has 1 atom stereocenters. The molecule has 0 aromatic carbocycles. The Labute approximate surface area is 99.2 Å². The van der Waals surface area contributed by atoms with Crippen LogP contribution in [0.15, 0.2) is 12.5 Å². The van der Waals surface area contributed by atoms with Gasteiger partial charge < -0.3 is 9.84 Å². The zero-order chi connectivity index (χ0) is 12.3. The fourth-order valence-electron chi connectivity index (χ4n) is 2.00. The van der Waals surface area contributed by atoms with Gasteiger partial charge in [0.25, 0.3) is 0 Å². The van der Waals surface area contributed by atoms with Gasteiger partial charge in [-0.05, 0) is 6.42 Å². The van der Waals surface area contributed by atoms with Crippen molar-refractivity contribution in [2.75, 3.05) is 20.2 Å². The Balaban J connectivity index is 2.06. The van der Waals surface area contributed by atoms with Crippen LogP contribution < -0.4 is 0 Å². The first kappa shape index (κ1) is 11.9. The van der Waals surface area contributed by atoms with E-state index in [0.29, 0.717) is 12.2 Å². The molecule has 0 radical (unpaired) electrons. The summed E-state index contributed by atoms with van der Waals surface area (Å²) in [6.07, 6.45) is 3.94. The van der Waals surface area contributed by atoms with Crippen LogP contribution in [0.4, 0.5) is 0 Å². The van der Waals surface area contributed by atoms with Gasteiger partial charge in [0, 0.05) is 32.9 Å². The van der Waals surface area contributed by atoms with E-state index in [9.17, 15) is 4.79 Å². The largest absolute Gasteiger partial charge is 0.478 e. The third kappa shape index (κ3) is 2.78. The lowest BCUT2D eigenvalue weighted by atomic mass is 10.2. The predicted molar refractivity (Wildman–Crippen MR) is 59.7 cm³/mol. The summed E-state index contributed by atoms with van der Waals surface area (Å²) in [4.78, 5) is 20.9. The van der Waals surface area contributed by atoms with E-state index in [4.69, 9.17) is 9.84 Å². The van der Waals surface area contributed by atoms with Crippen LogP contribution in [-0.2, 0) is 11.3 Å². The first-order valence-electron chi connectivity index (χ1n) is 5.48. The highest BCUT2D eigenvalue weighted by Gasteiger charge is 2.23. The third-order valence-electron chi connectivity index (χ3n) is 2.96. The molecule has 2 rings (SSSR count). The smallest absolute Gasteiger partial charge is 0.339 e. The Morgan fingerprint density at radius 1 is 1.71 bits per heavy atom. The summed E-state index contributed by atoms with van der Waals surface area (Å²) in [6.45, 7) is 2.26. The van der Waals surface area contributed by atoms with E-state index >= 15 is 0 Å². The molecule has 0 bridgehead atoms. The van der Waals surface area contributed by atoms with Crippen molar-refractivity contribution in [1.29, 1.82) is 0 Å². The molecule has 6 heteroatoms. The number of ether oxygens (including phenoxy) is 1. The Morgan fingerprint density at radius 3 is 3.18 bits per heavy atom. The molecular weight excluding hydrogens is 222 g/mol. The van der Waals surface area contributed by atoms with Crippen molar-refractivity contribution in [2.24, 2.45) is 0 Å². The molecule has 92 valence electrons. The van der Waals surface area contributed by atoms with Gasteiger partial charge in [-0.2, -0.15) is 0 Å². The molecule has 1 saturated heterocycles. The van der Waals surface area contributed by atoms with Gasteiger partial charge in [0.15, 0.2) is 0 Å². The second-order valence-electron chi connectivity index (χ2n) is 4.07. The molecule has 0 saturated carbocycles. The summed E-state index contributed by atoms with van der Waals surface area (Å²) >= 11 is 0. The lowest BCUT2D eigenvalue weighted by molar-refractivity contribution is 0.0693. The minimum atomic E-state index is -0.983. The fourth-order valence-corrected chi connectivity index (χ4v) is 2.00. The summed E-state index contributed by atoms with van der Waals surface area (Å²) in [5.41, 5.74) is 0.734. The summed E-state index contributed by atoms with van der Waals surface area (Å²) in [7, 11) is 1.70. The van der Waals surface area contributed by atoms with Crippen molar-refractivity contribution >= 4 is 5.97 Å². The molecule has 1 fully saturated rings. The Morgan fingerprint density at radius 2 is 2.53 bits per heavy atom. The van der Waals surface area contributed by atoms with E-state index in [2.05, 4.69) is 14.9 Å². The third-order valence-corrected chi connectivity index (χ3v) is 2.96. The van der Waals surface area contributed by atoms with E-state index in [1.54, 1.807) is 7.11 Å². The van der Waals surface area contributed by atoms with Gasteiger partial charge in [-0.15, -0.1) is 0 Å². The lowest BCUT2D eigenvalue weighted by Crippen LogP contribution is -2.24. The van der Waals surface area contributed by atoms with Gasteiger partial charge in [0.05, 0.1) is 11.8 Å². The molecule has 6 nitrogen and oxygen atoms in total. The van der Waals surface area contributed by atoms with E-state index in [0.717, 1.165) is 19.5 Å². The Kier molecular flexibility index (Phi) is 3.65. The standard InChI is InChI=1S/C11H15N3O3/c1-17-8-2-3-14(5-8)6-10-9(11(15)16)4-12-7-13-10/h4,7-8H,2-3,5-6H2,1H3,(H,15,16). The van der Waals surface area contributed by atoms with E-state index in [-0.39, 0.29) is 11.7 Å². The molecule has 0 spiro atoms. The fraction of sp³-hybridized carbons (Fsp3) is 0.545. The molecule has 17 heavy (non-hydrogen) atoms. The number of methoxy groups -OCH3 is 1. The summed E-state index contributed by atoms with van der Waals surface area (Å²) in [6, 6.07) is 0. The van der Waals surface area contributed by atoms with Crippen molar-refractivity contribution < 1.29 is 14.6 Å². The van der Waals surface area contributed by atoms with Crippen molar-refractivity contribution in [3.05, 3.63) is 23.8 Å². The van der Waals surface area contributed by atoms with Gasteiger partial charge in [-0.1, -0.05) is 0 Å². The van der Waals surface area contributed by atoms with Crippen LogP contribution in [0.1, 0.15) is 22.5 Å². The summed E-state index contributed by atoms with van der Waals surface area (Å²) < 4.78 is 5.27. The normalized spacial score (nSPS) is 20.6. The van der Waals surface area contributed by atoms with Crippen LogP contribution in [0, 0.1) is 0 Å². The topological polar surface area (TPSA) is 75.5 Å². The number of carbonyl (C=O) groups is 1. The van der Waals surface area contributed by atoms with Crippen molar-refractivity contribution in [3.63, 3.8) is 0 Å². The van der Waals surface area contributed by atoms with Crippen molar-refractivity contribution in [2.45, 2.75) is 19.1 Å². The Bertz CT molecular complexity index is 411. The van der Waals surface area contributed by atoms with E-state index < -0.39 is 5.97 Å². The second-order valence-corrected chi connectivity index (χ2v) is 4.07. The van der Waals surface area contributed by atoms with Gasteiger partial charge in [0.1, 0.15) is 11.9 Å². The maximum atomic E-state index is 11.0. The summed E-state index contributed by atoms with van der Waals surface area (Å²) in [5.74, 6) is -0.983. The summed E-state index contributed by atoms with van der Waals surface area (Å²) in [5, 5.41) is 9.01. The quantitative estimate of drug-likeness (QED) is 0.816. The number of carboxylic acids is 1. The van der Waals surface area contributed by atoms with Crippen LogP contribution in [0.5, 0.6) is 0 Å². The minimum absolute atomic E-state index is 0.174. The highest BCUT2D eigenvalue weighted by molar-refractivity contribution is 5.88. The highest BCUT2D eigenvalue weighted by atomic mass is 16.5. The molecule has 1 aliphatic heterocycles. The maximum absolute atomic E-state index is 11.0. The first-order chi connectivity index (χ1) is 8.20. The first-order valence-corrected chi connectivity index (χ1v) is 5.48. The number of hydrogen-bond acceptors (Lipinski definition) is 5. The number of carboxylic acid groups (broad SMARTS) is 1. The van der Waals surface area contributed by atoms with Crippen LogP contribution in [-0.4, -0.2) is 52.2 Å². The average molecular weight is 237 g/mol. The van der Waals surface area contributed by atoms with Crippen molar-refractivity contribution in [1.82, 2.24) is 14.9 Å². The molecule has 0 amide bonds. The number of likely N-dealkylation sites (tertiary alicyclic amines) is 1. The monoisotopic (exact) mass is 237 g/mol. The maximum Gasteiger partial charge on any atom is 0.339 e. The predicted octanol–water partition coefficient (Wildman–Crippen LogP) is 0.395. The average Bonchev–Trinajstić information content (AvgIpc) is 2.77. The zero-order valence-electron chi connectivity index (χ0n) is 9.67. The number of nitrogens with zero attached hydrogens (tertiary/aromatic N) is 3. The number of aromatic nitrogens is 2. The molecule has 0 aliphatic carbocycles. The minimum Gasteiger partial charge on any atom is -0.478 e. The number of hydrogen-bond donors (Lipinski definition) is 1. The van der Waals surface area contributed by atoms with Crippen LogP contribution >= 0.6 is 0 Å². The van der Waals surface area contributed by atoms with Crippen molar-refractivity contribution in [3.8, 4) is 0 Å². The van der Waals surface area contributed by atoms with E-state index in [1.807, 2.05) is 0 Å². The lowest BCUT2D eigenvalue weighted by Gasteiger charge is -2.15. The molecule has 1 unspecified atom stereocenters. The van der Waals surface area contributed by atoms with Gasteiger partial charge in [-0.25, -0.2) is 14.8 Å². The van der Waals surface area contributed by atoms with Crippen LogP contribution in [0.25, 0.3) is 0 Å². The van der Waals surface area contributed by atoms with E-state index in [1.165, 1.54) is 12.5 Å². The molecular formula is C11H15N3O3. The molecule has 1 aromatic heterocycles. The second kappa shape index (κ2) is 5.20. The van der Waals surface area contributed by atoms with Gasteiger partial charge in [0.2, 0.25) is 0 Å². The molecule has 2 heterocycles. The SMILES string of the molecule is COC1CCN(Cc2ncncc2C(=O)O)C1. The highest BCUT2D eigenvalue weighted by Crippen LogP contribution is 2.15. The molecule has 1 aliphatic rings. The molecule has 1 aromatic rings. The van der Waals surface area contributed by atoms with Crippen LogP contribution in [0.3, 0.4) is 0 Å². The number of rotatable bonds is 4. The number of aromatic carboxylic acids is 1. The van der Waals surface area contributed by atoms with Crippen LogP contribution in [0.2, 0.25) is 0 Å². The molecule has 1 N–H and O–H groups in total. The zero-order valence-corrected chi connectivity index (χ0v) is 9.67. The van der Waals surface area contributed by atoms with Gasteiger partial charge >= 0.3 is 5.97 Å². The Hall–Kier alpha value is -1.53. The van der Waals surface area contributed by atoms with Gasteiger partial charge in [-0.3, -0.25) is 4.90 Å².